The largest absolute Gasteiger partial charge is 0.483 e. The first-order valence-corrected chi connectivity index (χ1v) is 3.93. The van der Waals surface area contributed by atoms with E-state index in [4.69, 9.17) is 4.74 Å². The van der Waals surface area contributed by atoms with E-state index in [1.165, 1.54) is 12.1 Å². The molecule has 1 aromatic carbocycles. The zero-order valence-corrected chi connectivity index (χ0v) is 6.84. The summed E-state index contributed by atoms with van der Waals surface area (Å²) in [6, 6.07) is 4.24. The molecule has 0 bridgehead atoms. The number of benzene rings is 1. The minimum Gasteiger partial charge on any atom is -0.483 e. The van der Waals surface area contributed by atoms with Crippen molar-refractivity contribution in [1.29, 1.82) is 0 Å². The van der Waals surface area contributed by atoms with Crippen LogP contribution >= 0.6 is 0 Å². The molecule has 68 valence electrons. The first-order valence-electron chi connectivity index (χ1n) is 3.93. The Balaban J connectivity index is 2.35. The maximum atomic E-state index is 12.7. The van der Waals surface area contributed by atoms with Crippen LogP contribution in [0.25, 0.3) is 0 Å². The highest BCUT2D eigenvalue weighted by molar-refractivity contribution is 5.78. The van der Waals surface area contributed by atoms with E-state index in [0.717, 1.165) is 5.56 Å². The van der Waals surface area contributed by atoms with Crippen LogP contribution in [0.4, 0.5) is 4.39 Å². The second kappa shape index (κ2) is 3.05. The fourth-order valence-corrected chi connectivity index (χ4v) is 1.20. The summed E-state index contributed by atoms with van der Waals surface area (Å²) in [6.07, 6.45) is 0. The molecule has 0 atom stereocenters. The Morgan fingerprint density at radius 2 is 2.31 bits per heavy atom. The lowest BCUT2D eigenvalue weighted by Gasteiger charge is -2.04. The Labute approximate surface area is 74.5 Å². The molecule has 0 saturated carbocycles. The SMILES string of the molecule is O=C1COc2cc(F)ccc2CN1. The quantitative estimate of drug-likeness (QED) is 0.644. The number of fused-ring (bicyclic) bond motifs is 1. The van der Waals surface area contributed by atoms with Gasteiger partial charge in [-0.15, -0.1) is 0 Å². The third-order valence-electron chi connectivity index (χ3n) is 1.86. The summed E-state index contributed by atoms with van der Waals surface area (Å²) in [5, 5.41) is 2.63. The summed E-state index contributed by atoms with van der Waals surface area (Å²) in [4.78, 5) is 10.9. The van der Waals surface area contributed by atoms with Crippen molar-refractivity contribution in [3.8, 4) is 5.75 Å². The third kappa shape index (κ3) is 1.61. The van der Waals surface area contributed by atoms with Gasteiger partial charge in [0.1, 0.15) is 11.6 Å². The zero-order valence-electron chi connectivity index (χ0n) is 6.84. The number of amides is 1. The number of carbonyl (C=O) groups excluding carboxylic acids is 1. The van der Waals surface area contributed by atoms with E-state index in [1.54, 1.807) is 6.07 Å². The van der Waals surface area contributed by atoms with Crippen LogP contribution in [0.1, 0.15) is 5.56 Å². The van der Waals surface area contributed by atoms with E-state index in [2.05, 4.69) is 5.32 Å². The Bertz CT molecular complexity index is 351. The van der Waals surface area contributed by atoms with Crippen molar-refractivity contribution in [2.24, 2.45) is 0 Å². The molecule has 1 aromatic rings. The summed E-state index contributed by atoms with van der Waals surface area (Å²) in [6.45, 7) is 0.352. The van der Waals surface area contributed by atoms with Crippen LogP contribution in [0.15, 0.2) is 18.2 Å². The van der Waals surface area contributed by atoms with E-state index in [0.29, 0.717) is 12.3 Å². The summed E-state index contributed by atoms with van der Waals surface area (Å²) in [7, 11) is 0. The number of ether oxygens (including phenoxy) is 1. The molecule has 1 aliphatic rings. The van der Waals surface area contributed by atoms with Gasteiger partial charge in [-0.25, -0.2) is 4.39 Å². The van der Waals surface area contributed by atoms with Crippen molar-refractivity contribution in [2.45, 2.75) is 6.54 Å². The van der Waals surface area contributed by atoms with Crippen molar-refractivity contribution in [2.75, 3.05) is 6.61 Å². The van der Waals surface area contributed by atoms with Crippen molar-refractivity contribution in [3.63, 3.8) is 0 Å². The lowest BCUT2D eigenvalue weighted by atomic mass is 10.2. The van der Waals surface area contributed by atoms with Gasteiger partial charge in [0.25, 0.3) is 5.91 Å². The summed E-state index contributed by atoms with van der Waals surface area (Å²) < 4.78 is 17.8. The fraction of sp³-hybridized carbons (Fsp3) is 0.222. The second-order valence-corrected chi connectivity index (χ2v) is 2.82. The molecule has 1 heterocycles. The number of halogens is 1. The molecule has 0 fully saturated rings. The first-order chi connectivity index (χ1) is 6.25. The predicted molar refractivity (Wildman–Crippen MR) is 43.7 cm³/mol. The lowest BCUT2D eigenvalue weighted by molar-refractivity contribution is -0.122. The Morgan fingerprint density at radius 3 is 3.15 bits per heavy atom. The molecule has 13 heavy (non-hydrogen) atoms. The molecule has 0 aliphatic carbocycles. The number of nitrogens with one attached hydrogen (secondary N) is 1. The molecule has 4 heteroatoms. The van der Waals surface area contributed by atoms with Crippen molar-refractivity contribution >= 4 is 5.91 Å². The van der Waals surface area contributed by atoms with Gasteiger partial charge in [0.05, 0.1) is 0 Å². The predicted octanol–water partition coefficient (Wildman–Crippen LogP) is 0.834. The van der Waals surface area contributed by atoms with E-state index >= 15 is 0 Å². The molecule has 2 rings (SSSR count). The van der Waals surface area contributed by atoms with Crippen LogP contribution in [0.2, 0.25) is 0 Å². The molecule has 0 unspecified atom stereocenters. The van der Waals surface area contributed by atoms with Crippen molar-refractivity contribution in [1.82, 2.24) is 5.32 Å². The molecule has 1 amide bonds. The molecule has 3 nitrogen and oxygen atoms in total. The smallest absolute Gasteiger partial charge is 0.258 e. The maximum absolute atomic E-state index is 12.7. The van der Waals surface area contributed by atoms with Crippen LogP contribution in [0, 0.1) is 5.82 Å². The molecule has 1 aliphatic heterocycles. The van der Waals surface area contributed by atoms with E-state index in [-0.39, 0.29) is 18.3 Å². The number of hydrogen-bond donors (Lipinski definition) is 1. The average molecular weight is 181 g/mol. The van der Waals surface area contributed by atoms with Gasteiger partial charge < -0.3 is 10.1 Å². The zero-order chi connectivity index (χ0) is 9.26. The van der Waals surface area contributed by atoms with E-state index in [9.17, 15) is 9.18 Å². The topological polar surface area (TPSA) is 38.3 Å². The van der Waals surface area contributed by atoms with Gasteiger partial charge in [-0.1, -0.05) is 6.07 Å². The molecule has 1 N–H and O–H groups in total. The third-order valence-corrected chi connectivity index (χ3v) is 1.86. The van der Waals surface area contributed by atoms with Crippen molar-refractivity contribution in [3.05, 3.63) is 29.6 Å². The molecule has 0 aromatic heterocycles. The number of hydrogen-bond acceptors (Lipinski definition) is 2. The summed E-state index contributed by atoms with van der Waals surface area (Å²) in [5.41, 5.74) is 0.798. The normalized spacial score (nSPS) is 15.3. The van der Waals surface area contributed by atoms with Crippen molar-refractivity contribution < 1.29 is 13.9 Å². The van der Waals surface area contributed by atoms with Gasteiger partial charge in [0.15, 0.2) is 6.61 Å². The molecule has 0 spiro atoms. The molecular formula is C9H8FNO2. The maximum Gasteiger partial charge on any atom is 0.258 e. The van der Waals surface area contributed by atoms with Crippen LogP contribution in [-0.2, 0) is 11.3 Å². The van der Waals surface area contributed by atoms with Gasteiger partial charge in [0.2, 0.25) is 0 Å². The summed E-state index contributed by atoms with van der Waals surface area (Å²) >= 11 is 0. The molecular weight excluding hydrogens is 173 g/mol. The molecule has 0 radical (unpaired) electrons. The monoisotopic (exact) mass is 181 g/mol. The van der Waals surface area contributed by atoms with Gasteiger partial charge in [-0.05, 0) is 6.07 Å². The molecule has 0 saturated heterocycles. The highest BCUT2D eigenvalue weighted by atomic mass is 19.1. The average Bonchev–Trinajstić information content (AvgIpc) is 2.29. The Kier molecular flexibility index (Phi) is 1.88. The van der Waals surface area contributed by atoms with Gasteiger partial charge in [-0.2, -0.15) is 0 Å². The van der Waals surface area contributed by atoms with Crippen LogP contribution in [0.5, 0.6) is 5.75 Å². The fourth-order valence-electron chi connectivity index (χ4n) is 1.20. The van der Waals surface area contributed by atoms with Gasteiger partial charge in [-0.3, -0.25) is 4.79 Å². The minimum absolute atomic E-state index is 0.0452. The van der Waals surface area contributed by atoms with Crippen LogP contribution in [-0.4, -0.2) is 12.5 Å². The lowest BCUT2D eigenvalue weighted by Crippen LogP contribution is -2.25. The van der Waals surface area contributed by atoms with Gasteiger partial charge >= 0.3 is 0 Å². The standard InChI is InChI=1S/C9H8FNO2/c10-7-2-1-6-4-11-9(12)5-13-8(6)3-7/h1-3H,4-5H2,(H,11,12). The van der Waals surface area contributed by atoms with E-state index in [1.807, 2.05) is 0 Å². The first kappa shape index (κ1) is 8.04. The van der Waals surface area contributed by atoms with E-state index < -0.39 is 0 Å². The highest BCUT2D eigenvalue weighted by Crippen LogP contribution is 2.21. The number of rotatable bonds is 0. The second-order valence-electron chi connectivity index (χ2n) is 2.82. The minimum atomic E-state index is -0.354. The summed E-state index contributed by atoms with van der Waals surface area (Å²) in [5.74, 6) is -0.0944. The highest BCUT2D eigenvalue weighted by Gasteiger charge is 2.13. The van der Waals surface area contributed by atoms with Gasteiger partial charge in [0, 0.05) is 18.2 Å². The Hall–Kier alpha value is -1.58. The van der Waals surface area contributed by atoms with Crippen LogP contribution < -0.4 is 10.1 Å². The van der Waals surface area contributed by atoms with Crippen LogP contribution in [0.3, 0.4) is 0 Å². The Morgan fingerprint density at radius 1 is 1.46 bits per heavy atom. The number of carbonyl (C=O) groups is 1.